The van der Waals surface area contributed by atoms with Crippen LogP contribution in [-0.4, -0.2) is 49.8 Å². The number of hydrogen-bond donors (Lipinski definition) is 3. The number of hydrazone groups is 1. The van der Waals surface area contributed by atoms with Gasteiger partial charge in [-0.2, -0.15) is 5.10 Å². The van der Waals surface area contributed by atoms with Gasteiger partial charge in [0.25, 0.3) is 5.91 Å². The predicted octanol–water partition coefficient (Wildman–Crippen LogP) is 2.76. The van der Waals surface area contributed by atoms with Gasteiger partial charge in [-0.1, -0.05) is 41.4 Å². The van der Waals surface area contributed by atoms with Gasteiger partial charge in [0, 0.05) is 18.7 Å². The monoisotopic (exact) mass is 492 g/mol. The second-order valence-electron chi connectivity index (χ2n) is 7.02. The fraction of sp³-hybridized carbons (Fsp3) is 0.273. The molecule has 0 spiro atoms. The Morgan fingerprint density at radius 1 is 1.12 bits per heavy atom. The van der Waals surface area contributed by atoms with E-state index in [1.165, 1.54) is 6.21 Å². The first-order valence-electron chi connectivity index (χ1n) is 10.1. The van der Waals surface area contributed by atoms with Gasteiger partial charge in [-0.25, -0.2) is 5.43 Å². The van der Waals surface area contributed by atoms with Crippen LogP contribution in [0.15, 0.2) is 47.6 Å². The Morgan fingerprint density at radius 2 is 1.94 bits per heavy atom. The molecule has 1 saturated heterocycles. The fourth-order valence-corrected chi connectivity index (χ4v) is 3.30. The highest BCUT2D eigenvalue weighted by Crippen LogP contribution is 2.29. The average Bonchev–Trinajstić information content (AvgIpc) is 3.33. The SMILES string of the molecule is O=C(COc1ccccc1/C=N\NC(=O)C(=O)NC[C@H]1CCCO1)Nc1cccc(Cl)c1Cl. The number of nitrogens with zero attached hydrogens (tertiary/aromatic N) is 1. The smallest absolute Gasteiger partial charge is 0.329 e. The van der Waals surface area contributed by atoms with Crippen molar-refractivity contribution in [1.29, 1.82) is 0 Å². The topological polar surface area (TPSA) is 118 Å². The maximum absolute atomic E-state index is 12.2. The van der Waals surface area contributed by atoms with Gasteiger partial charge in [0.05, 0.1) is 28.1 Å². The number of nitrogens with one attached hydrogen (secondary N) is 3. The molecule has 3 rings (SSSR count). The minimum atomic E-state index is -0.902. The van der Waals surface area contributed by atoms with Crippen LogP contribution in [0.25, 0.3) is 0 Å². The first kappa shape index (κ1) is 24.5. The van der Waals surface area contributed by atoms with E-state index in [1.807, 2.05) is 0 Å². The molecule has 0 unspecified atom stereocenters. The van der Waals surface area contributed by atoms with Crippen LogP contribution in [0, 0.1) is 0 Å². The molecule has 2 aromatic carbocycles. The first-order chi connectivity index (χ1) is 15.9. The van der Waals surface area contributed by atoms with E-state index in [0.29, 0.717) is 28.6 Å². The van der Waals surface area contributed by atoms with E-state index in [-0.39, 0.29) is 24.3 Å². The maximum atomic E-state index is 12.2. The second kappa shape index (κ2) is 12.2. The van der Waals surface area contributed by atoms with Crippen molar-refractivity contribution in [3.8, 4) is 5.75 Å². The molecular weight excluding hydrogens is 471 g/mol. The lowest BCUT2D eigenvalue weighted by molar-refractivity contribution is -0.139. The highest BCUT2D eigenvalue weighted by Gasteiger charge is 2.19. The lowest BCUT2D eigenvalue weighted by Crippen LogP contribution is -2.41. The van der Waals surface area contributed by atoms with Gasteiger partial charge in [-0.05, 0) is 37.1 Å². The minimum absolute atomic E-state index is 0.0682. The molecule has 0 radical (unpaired) electrons. The number of carbonyl (C=O) groups is 3. The van der Waals surface area contributed by atoms with E-state index in [0.717, 1.165) is 12.8 Å². The van der Waals surface area contributed by atoms with Crippen LogP contribution in [0.1, 0.15) is 18.4 Å². The molecule has 0 bridgehead atoms. The largest absolute Gasteiger partial charge is 0.483 e. The van der Waals surface area contributed by atoms with Crippen molar-refractivity contribution in [3.63, 3.8) is 0 Å². The zero-order valence-electron chi connectivity index (χ0n) is 17.5. The highest BCUT2D eigenvalue weighted by molar-refractivity contribution is 6.44. The number of anilines is 1. The van der Waals surface area contributed by atoms with Crippen LogP contribution in [0.2, 0.25) is 10.0 Å². The molecule has 174 valence electrons. The van der Waals surface area contributed by atoms with Gasteiger partial charge in [0.15, 0.2) is 6.61 Å². The van der Waals surface area contributed by atoms with Crippen LogP contribution in [0.3, 0.4) is 0 Å². The molecule has 1 aliphatic heterocycles. The molecule has 0 aromatic heterocycles. The van der Waals surface area contributed by atoms with Crippen molar-refractivity contribution in [2.45, 2.75) is 18.9 Å². The molecule has 1 aliphatic rings. The summed E-state index contributed by atoms with van der Waals surface area (Å²) in [5.74, 6) is -1.79. The van der Waals surface area contributed by atoms with E-state index < -0.39 is 17.7 Å². The Bertz CT molecular complexity index is 1040. The van der Waals surface area contributed by atoms with Crippen molar-refractivity contribution >= 4 is 52.8 Å². The summed E-state index contributed by atoms with van der Waals surface area (Å²) >= 11 is 12.0. The molecule has 1 fully saturated rings. The molecule has 2 aromatic rings. The summed E-state index contributed by atoms with van der Waals surface area (Å²) in [6, 6.07) is 11.6. The normalized spacial score (nSPS) is 15.3. The molecule has 0 aliphatic carbocycles. The molecule has 11 heteroatoms. The van der Waals surface area contributed by atoms with Gasteiger partial charge in [-0.15, -0.1) is 0 Å². The Labute approximate surface area is 200 Å². The number of ether oxygens (including phenoxy) is 2. The van der Waals surface area contributed by atoms with E-state index in [2.05, 4.69) is 21.2 Å². The first-order valence-corrected chi connectivity index (χ1v) is 10.9. The van der Waals surface area contributed by atoms with E-state index >= 15 is 0 Å². The lowest BCUT2D eigenvalue weighted by Gasteiger charge is -2.11. The molecule has 1 heterocycles. The van der Waals surface area contributed by atoms with Gasteiger partial charge in [-0.3, -0.25) is 14.4 Å². The zero-order valence-corrected chi connectivity index (χ0v) is 19.0. The quantitative estimate of drug-likeness (QED) is 0.297. The highest BCUT2D eigenvalue weighted by atomic mass is 35.5. The summed E-state index contributed by atoms with van der Waals surface area (Å²) in [7, 11) is 0. The van der Waals surface area contributed by atoms with Gasteiger partial charge >= 0.3 is 11.8 Å². The summed E-state index contributed by atoms with van der Waals surface area (Å²) in [6.45, 7) is 0.634. The lowest BCUT2D eigenvalue weighted by atomic mass is 10.2. The summed E-state index contributed by atoms with van der Waals surface area (Å²) in [5, 5.41) is 9.47. The number of hydrogen-bond acceptors (Lipinski definition) is 6. The minimum Gasteiger partial charge on any atom is -0.483 e. The predicted molar refractivity (Wildman–Crippen MR) is 125 cm³/mol. The molecule has 1 atom stereocenters. The van der Waals surface area contributed by atoms with Crippen LogP contribution in [0.5, 0.6) is 5.75 Å². The Balaban J connectivity index is 1.49. The number of benzene rings is 2. The maximum Gasteiger partial charge on any atom is 0.329 e. The van der Waals surface area contributed by atoms with E-state index in [9.17, 15) is 14.4 Å². The molecule has 3 N–H and O–H groups in total. The number of amides is 3. The van der Waals surface area contributed by atoms with Crippen molar-refractivity contribution < 1.29 is 23.9 Å². The molecular formula is C22H22Cl2N4O5. The molecule has 33 heavy (non-hydrogen) atoms. The van der Waals surface area contributed by atoms with Gasteiger partial charge in [0.2, 0.25) is 0 Å². The number of rotatable bonds is 8. The van der Waals surface area contributed by atoms with Crippen LogP contribution in [0.4, 0.5) is 5.69 Å². The van der Waals surface area contributed by atoms with Gasteiger partial charge < -0.3 is 20.1 Å². The summed E-state index contributed by atoms with van der Waals surface area (Å²) in [6.07, 6.45) is 3.03. The number of para-hydroxylation sites is 1. The van der Waals surface area contributed by atoms with Crippen molar-refractivity contribution in [2.75, 3.05) is 25.1 Å². The Hall–Kier alpha value is -3.14. The molecule has 0 saturated carbocycles. The number of halogens is 2. The summed E-state index contributed by atoms with van der Waals surface area (Å²) in [4.78, 5) is 35.9. The third-order valence-electron chi connectivity index (χ3n) is 4.59. The summed E-state index contributed by atoms with van der Waals surface area (Å²) < 4.78 is 10.9. The zero-order chi connectivity index (χ0) is 23.6. The Morgan fingerprint density at radius 3 is 2.73 bits per heavy atom. The van der Waals surface area contributed by atoms with Crippen molar-refractivity contribution in [3.05, 3.63) is 58.1 Å². The van der Waals surface area contributed by atoms with Crippen molar-refractivity contribution in [1.82, 2.24) is 10.7 Å². The standard InChI is InChI=1S/C22H22Cl2N4O5/c23-16-7-3-8-17(20(16)24)27-19(29)13-33-18-9-2-1-5-14(18)11-26-28-22(31)21(30)25-12-15-6-4-10-32-15/h1-3,5,7-9,11,15H,4,6,10,12-13H2,(H,25,30)(H,27,29)(H,28,31)/b26-11-/t15-/m1/s1. The van der Waals surface area contributed by atoms with Crippen molar-refractivity contribution in [2.24, 2.45) is 5.10 Å². The molecule has 3 amide bonds. The summed E-state index contributed by atoms with van der Waals surface area (Å²) in [5.41, 5.74) is 3.02. The second-order valence-corrected chi connectivity index (χ2v) is 7.81. The average molecular weight is 493 g/mol. The fourth-order valence-electron chi connectivity index (χ4n) is 2.95. The van der Waals surface area contributed by atoms with Gasteiger partial charge in [0.1, 0.15) is 5.75 Å². The Kier molecular flexibility index (Phi) is 9.05. The molecule has 9 nitrogen and oxygen atoms in total. The third kappa shape index (κ3) is 7.45. The number of carbonyl (C=O) groups excluding carboxylic acids is 3. The van der Waals surface area contributed by atoms with Crippen LogP contribution < -0.4 is 20.8 Å². The van der Waals surface area contributed by atoms with Crippen LogP contribution in [-0.2, 0) is 19.1 Å². The third-order valence-corrected chi connectivity index (χ3v) is 5.41. The van der Waals surface area contributed by atoms with E-state index in [4.69, 9.17) is 32.7 Å². The van der Waals surface area contributed by atoms with E-state index in [1.54, 1.807) is 42.5 Å². The van der Waals surface area contributed by atoms with Crippen LogP contribution >= 0.6 is 23.2 Å².